The van der Waals surface area contributed by atoms with Gasteiger partial charge in [-0.05, 0) is 50.6 Å². The number of hydrogen-bond acceptors (Lipinski definition) is 7. The van der Waals surface area contributed by atoms with Gasteiger partial charge in [0.15, 0.2) is 5.16 Å². The maximum absolute atomic E-state index is 11.7. The molecule has 2 aromatic carbocycles. The Hall–Kier alpha value is -2.69. The first kappa shape index (κ1) is 21.5. The molecule has 0 saturated heterocycles. The van der Waals surface area contributed by atoms with Gasteiger partial charge in [0, 0.05) is 12.1 Å². The molecule has 1 atom stereocenters. The predicted molar refractivity (Wildman–Crippen MR) is 120 cm³/mol. The van der Waals surface area contributed by atoms with Crippen molar-refractivity contribution in [1.82, 2.24) is 19.7 Å². The third-order valence-electron chi connectivity index (χ3n) is 4.83. The lowest BCUT2D eigenvalue weighted by Gasteiger charge is -2.10. The molecule has 31 heavy (non-hydrogen) atoms. The number of thioether (sulfide) groups is 1. The molecular weight excluding hydrogens is 434 g/mol. The summed E-state index contributed by atoms with van der Waals surface area (Å²) in [5.74, 6) is 0.975. The van der Waals surface area contributed by atoms with Gasteiger partial charge in [0.2, 0.25) is 21.8 Å². The first-order valence-electron chi connectivity index (χ1n) is 9.86. The number of aryl methyl sites for hydroxylation is 2. The van der Waals surface area contributed by atoms with Gasteiger partial charge in [-0.2, -0.15) is 0 Å². The van der Waals surface area contributed by atoms with Crippen LogP contribution in [0.3, 0.4) is 0 Å². The van der Waals surface area contributed by atoms with Crippen molar-refractivity contribution < 1.29 is 12.8 Å². The minimum Gasteiger partial charge on any atom is -0.419 e. The Morgan fingerprint density at radius 3 is 2.58 bits per heavy atom. The van der Waals surface area contributed by atoms with E-state index in [1.165, 1.54) is 23.9 Å². The van der Waals surface area contributed by atoms with Crippen LogP contribution in [0.15, 0.2) is 56.9 Å². The van der Waals surface area contributed by atoms with Gasteiger partial charge in [0.1, 0.15) is 0 Å². The number of aromatic nitrogens is 4. The SMILES string of the molecule is CCCn1c(SC(C)c2nnc(-c3ccc(C)cc3)o2)nc2cc(S(N)(=O)=O)ccc21. The second-order valence-electron chi connectivity index (χ2n) is 7.31. The van der Waals surface area contributed by atoms with Crippen LogP contribution in [0.2, 0.25) is 0 Å². The summed E-state index contributed by atoms with van der Waals surface area (Å²) in [4.78, 5) is 4.71. The number of benzene rings is 2. The van der Waals surface area contributed by atoms with Gasteiger partial charge in [-0.1, -0.05) is 36.4 Å². The standard InChI is InChI=1S/C21H23N5O3S2/c1-4-11-26-18-10-9-16(31(22,27)28)12-17(18)23-21(26)30-14(3)19-24-25-20(29-19)15-7-5-13(2)6-8-15/h5-10,12,14H,4,11H2,1-3H3,(H2,22,27,28). The Kier molecular flexibility index (Phi) is 5.87. The van der Waals surface area contributed by atoms with Crippen LogP contribution in [0.1, 0.15) is 37.0 Å². The zero-order chi connectivity index (χ0) is 22.2. The molecule has 8 nitrogen and oxygen atoms in total. The number of nitrogens with two attached hydrogens (primary N) is 1. The summed E-state index contributed by atoms with van der Waals surface area (Å²) in [5.41, 5.74) is 3.47. The van der Waals surface area contributed by atoms with E-state index in [-0.39, 0.29) is 10.1 Å². The first-order valence-corrected chi connectivity index (χ1v) is 12.3. The Bertz CT molecular complexity index is 1330. The molecule has 0 radical (unpaired) electrons. The van der Waals surface area contributed by atoms with Crippen molar-refractivity contribution in [2.75, 3.05) is 0 Å². The molecule has 2 N–H and O–H groups in total. The maximum Gasteiger partial charge on any atom is 0.247 e. The van der Waals surface area contributed by atoms with Crippen molar-refractivity contribution in [3.05, 3.63) is 53.9 Å². The van der Waals surface area contributed by atoms with Crippen molar-refractivity contribution in [2.24, 2.45) is 5.14 Å². The lowest BCUT2D eigenvalue weighted by molar-refractivity contribution is 0.508. The maximum atomic E-state index is 11.7. The molecule has 0 saturated carbocycles. The zero-order valence-electron chi connectivity index (χ0n) is 17.4. The summed E-state index contributed by atoms with van der Waals surface area (Å²) in [6.07, 6.45) is 0.905. The van der Waals surface area contributed by atoms with E-state index in [0.717, 1.165) is 34.8 Å². The smallest absolute Gasteiger partial charge is 0.247 e. The number of fused-ring (bicyclic) bond motifs is 1. The van der Waals surface area contributed by atoms with E-state index >= 15 is 0 Å². The second kappa shape index (κ2) is 8.45. The molecule has 0 aliphatic carbocycles. The number of nitrogens with zero attached hydrogens (tertiary/aromatic N) is 4. The number of sulfonamides is 1. The van der Waals surface area contributed by atoms with E-state index in [1.54, 1.807) is 6.07 Å². The van der Waals surface area contributed by atoms with E-state index in [1.807, 2.05) is 38.1 Å². The molecule has 4 aromatic rings. The molecule has 0 spiro atoms. The summed E-state index contributed by atoms with van der Waals surface area (Å²) in [7, 11) is -3.79. The summed E-state index contributed by atoms with van der Waals surface area (Å²) in [5, 5.41) is 14.3. The van der Waals surface area contributed by atoms with Gasteiger partial charge in [0.05, 0.1) is 21.2 Å². The monoisotopic (exact) mass is 457 g/mol. The highest BCUT2D eigenvalue weighted by Crippen LogP contribution is 2.36. The number of rotatable bonds is 7. The number of primary sulfonamides is 1. The number of hydrogen-bond donors (Lipinski definition) is 1. The van der Waals surface area contributed by atoms with Crippen LogP contribution in [0.5, 0.6) is 0 Å². The van der Waals surface area contributed by atoms with Gasteiger partial charge in [-0.3, -0.25) is 0 Å². The molecule has 2 heterocycles. The summed E-state index contributed by atoms with van der Waals surface area (Å²) >= 11 is 1.49. The fraction of sp³-hybridized carbons (Fsp3) is 0.286. The topological polar surface area (TPSA) is 117 Å². The van der Waals surface area contributed by atoms with Crippen molar-refractivity contribution in [3.63, 3.8) is 0 Å². The van der Waals surface area contributed by atoms with E-state index in [9.17, 15) is 8.42 Å². The Morgan fingerprint density at radius 2 is 1.90 bits per heavy atom. The van der Waals surface area contributed by atoms with Crippen LogP contribution in [-0.2, 0) is 16.6 Å². The Balaban J connectivity index is 1.64. The van der Waals surface area contributed by atoms with Crippen molar-refractivity contribution in [1.29, 1.82) is 0 Å². The molecule has 4 rings (SSSR count). The van der Waals surface area contributed by atoms with E-state index < -0.39 is 10.0 Å². The Labute approximate surface area is 184 Å². The second-order valence-corrected chi connectivity index (χ2v) is 10.2. The highest BCUT2D eigenvalue weighted by molar-refractivity contribution is 7.99. The molecule has 2 aromatic heterocycles. The predicted octanol–water partition coefficient (Wildman–Crippen LogP) is 4.31. The van der Waals surface area contributed by atoms with Crippen LogP contribution in [0.4, 0.5) is 0 Å². The minimum atomic E-state index is -3.79. The Morgan fingerprint density at radius 1 is 1.16 bits per heavy atom. The molecule has 10 heteroatoms. The lowest BCUT2D eigenvalue weighted by atomic mass is 10.1. The third-order valence-corrected chi connectivity index (χ3v) is 6.82. The van der Waals surface area contributed by atoms with Gasteiger partial charge in [-0.25, -0.2) is 18.5 Å². The normalized spacial score (nSPS) is 13.0. The molecule has 1 unspecified atom stereocenters. The molecule has 0 bridgehead atoms. The van der Waals surface area contributed by atoms with E-state index in [4.69, 9.17) is 9.56 Å². The quantitative estimate of drug-likeness (QED) is 0.411. The molecular formula is C21H23N5O3S2. The summed E-state index contributed by atoms with van der Waals surface area (Å²) < 4.78 is 31.4. The largest absolute Gasteiger partial charge is 0.419 e. The van der Waals surface area contributed by atoms with E-state index in [2.05, 4.69) is 26.7 Å². The highest BCUT2D eigenvalue weighted by Gasteiger charge is 2.21. The minimum absolute atomic E-state index is 0.0467. The van der Waals surface area contributed by atoms with Crippen molar-refractivity contribution in [2.45, 2.75) is 49.0 Å². The van der Waals surface area contributed by atoms with E-state index in [0.29, 0.717) is 17.3 Å². The molecule has 162 valence electrons. The highest BCUT2D eigenvalue weighted by atomic mass is 32.2. The van der Waals surface area contributed by atoms with Crippen LogP contribution in [0.25, 0.3) is 22.5 Å². The van der Waals surface area contributed by atoms with Gasteiger partial charge >= 0.3 is 0 Å². The van der Waals surface area contributed by atoms with Gasteiger partial charge < -0.3 is 8.98 Å². The average Bonchev–Trinajstić information content (AvgIpc) is 3.34. The van der Waals surface area contributed by atoms with Gasteiger partial charge in [-0.15, -0.1) is 10.2 Å². The number of imidazole rings is 1. The fourth-order valence-electron chi connectivity index (χ4n) is 3.21. The fourth-order valence-corrected chi connectivity index (χ4v) is 4.73. The summed E-state index contributed by atoms with van der Waals surface area (Å²) in [6.45, 7) is 6.82. The molecule has 0 amide bonds. The lowest BCUT2D eigenvalue weighted by Crippen LogP contribution is -2.11. The molecule has 0 aliphatic heterocycles. The van der Waals surface area contributed by atoms with Crippen LogP contribution in [-0.4, -0.2) is 28.2 Å². The van der Waals surface area contributed by atoms with Crippen molar-refractivity contribution >= 4 is 32.8 Å². The van der Waals surface area contributed by atoms with Crippen LogP contribution >= 0.6 is 11.8 Å². The molecule has 0 fully saturated rings. The third kappa shape index (κ3) is 4.51. The summed E-state index contributed by atoms with van der Waals surface area (Å²) in [6, 6.07) is 12.7. The van der Waals surface area contributed by atoms with Gasteiger partial charge in [0.25, 0.3) is 0 Å². The van der Waals surface area contributed by atoms with Crippen LogP contribution < -0.4 is 5.14 Å². The molecule has 0 aliphatic rings. The van der Waals surface area contributed by atoms with Crippen LogP contribution in [0, 0.1) is 6.92 Å². The average molecular weight is 458 g/mol. The first-order chi connectivity index (χ1) is 14.8. The van der Waals surface area contributed by atoms with Crippen molar-refractivity contribution in [3.8, 4) is 11.5 Å². The zero-order valence-corrected chi connectivity index (χ0v) is 19.1.